The van der Waals surface area contributed by atoms with Gasteiger partial charge in [0.15, 0.2) is 0 Å². The lowest BCUT2D eigenvalue weighted by molar-refractivity contribution is 0.0929. The highest BCUT2D eigenvalue weighted by Gasteiger charge is 2.22. The number of halogens is 2. The fraction of sp³-hybridized carbons (Fsp3) is 0.238. The Morgan fingerprint density at radius 2 is 1.93 bits per heavy atom. The van der Waals surface area contributed by atoms with Gasteiger partial charge < -0.3 is 5.32 Å². The van der Waals surface area contributed by atoms with Crippen molar-refractivity contribution < 1.29 is 9.18 Å². The van der Waals surface area contributed by atoms with Gasteiger partial charge in [0.05, 0.1) is 6.54 Å². The maximum Gasteiger partial charge on any atom is 0.352 e. The molecule has 0 fully saturated rings. The van der Waals surface area contributed by atoms with Crippen LogP contribution in [0, 0.1) is 5.82 Å². The molecule has 1 atom stereocenters. The lowest BCUT2D eigenvalue weighted by Gasteiger charge is -2.14. The van der Waals surface area contributed by atoms with Crippen molar-refractivity contribution in [3.63, 3.8) is 0 Å². The van der Waals surface area contributed by atoms with Gasteiger partial charge in [-0.3, -0.25) is 14.2 Å². The van der Waals surface area contributed by atoms with Crippen LogP contribution in [-0.4, -0.2) is 26.3 Å². The maximum atomic E-state index is 14.4. The second-order valence-electron chi connectivity index (χ2n) is 6.80. The van der Waals surface area contributed by atoms with Crippen molar-refractivity contribution >= 4 is 17.5 Å². The third kappa shape index (κ3) is 4.49. The average molecular weight is 431 g/mol. The molecule has 156 valence electrons. The van der Waals surface area contributed by atoms with Crippen LogP contribution in [0.15, 0.2) is 58.1 Å². The topological polar surface area (TPSA) is 86.0 Å². The summed E-state index contributed by atoms with van der Waals surface area (Å²) in [5.41, 5.74) is -1.83. The van der Waals surface area contributed by atoms with Gasteiger partial charge in [-0.15, -0.1) is 0 Å². The molecule has 1 heterocycles. The Hall–Kier alpha value is -3.26. The van der Waals surface area contributed by atoms with Crippen LogP contribution >= 0.6 is 11.6 Å². The van der Waals surface area contributed by atoms with E-state index in [0.29, 0.717) is 17.0 Å². The van der Waals surface area contributed by atoms with Crippen LogP contribution in [0.5, 0.6) is 0 Å². The predicted molar refractivity (Wildman–Crippen MR) is 112 cm³/mol. The van der Waals surface area contributed by atoms with Gasteiger partial charge in [0.25, 0.3) is 11.5 Å². The molecular weight excluding hydrogens is 411 g/mol. The Kier molecular flexibility index (Phi) is 6.47. The number of benzene rings is 2. The Morgan fingerprint density at radius 1 is 1.20 bits per heavy atom. The molecular formula is C21H20ClFN4O3. The summed E-state index contributed by atoms with van der Waals surface area (Å²) in [6.45, 7) is 3.49. The number of carbonyl (C=O) groups is 1. The molecule has 1 aromatic heterocycles. The minimum atomic E-state index is -0.870. The van der Waals surface area contributed by atoms with Crippen molar-refractivity contribution in [3.05, 3.63) is 91.5 Å². The van der Waals surface area contributed by atoms with Gasteiger partial charge in [-0.1, -0.05) is 42.8 Å². The van der Waals surface area contributed by atoms with Crippen molar-refractivity contribution in [1.29, 1.82) is 0 Å². The van der Waals surface area contributed by atoms with E-state index in [1.165, 1.54) is 18.2 Å². The molecule has 0 radical (unpaired) electrons. The first-order chi connectivity index (χ1) is 14.3. The van der Waals surface area contributed by atoms with Crippen molar-refractivity contribution in [2.24, 2.45) is 0 Å². The SMILES string of the molecule is CC[C@@H](C)NC(=O)c1nn(-c2ccccc2F)c(=O)n(Cc2cccc(Cl)c2)c1=O. The summed E-state index contributed by atoms with van der Waals surface area (Å²) < 4.78 is 15.9. The highest BCUT2D eigenvalue weighted by atomic mass is 35.5. The molecule has 9 heteroatoms. The third-order valence-corrected chi connectivity index (χ3v) is 4.81. The van der Waals surface area contributed by atoms with E-state index >= 15 is 0 Å². The minimum Gasteiger partial charge on any atom is -0.348 e. The number of nitrogens with one attached hydrogen (secondary N) is 1. The summed E-state index contributed by atoms with van der Waals surface area (Å²) in [4.78, 5) is 38.6. The molecule has 3 aromatic rings. The highest BCUT2D eigenvalue weighted by molar-refractivity contribution is 6.30. The van der Waals surface area contributed by atoms with Crippen molar-refractivity contribution in [2.75, 3.05) is 0 Å². The molecule has 0 saturated carbocycles. The Morgan fingerprint density at radius 3 is 2.60 bits per heavy atom. The van der Waals surface area contributed by atoms with E-state index in [0.717, 1.165) is 15.3 Å². The predicted octanol–water partition coefficient (Wildman–Crippen LogP) is 2.76. The van der Waals surface area contributed by atoms with Crippen LogP contribution in [0.4, 0.5) is 4.39 Å². The molecule has 0 saturated heterocycles. The normalized spacial score (nSPS) is 11.9. The van der Waals surface area contributed by atoms with E-state index in [9.17, 15) is 18.8 Å². The molecule has 0 bridgehead atoms. The van der Waals surface area contributed by atoms with Gasteiger partial charge in [-0.25, -0.2) is 9.18 Å². The lowest BCUT2D eigenvalue weighted by atomic mass is 10.2. The molecule has 0 unspecified atom stereocenters. The Balaban J connectivity index is 2.22. The molecule has 7 nitrogen and oxygen atoms in total. The van der Waals surface area contributed by atoms with Gasteiger partial charge in [0, 0.05) is 11.1 Å². The second-order valence-corrected chi connectivity index (χ2v) is 7.23. The highest BCUT2D eigenvalue weighted by Crippen LogP contribution is 2.12. The summed E-state index contributed by atoms with van der Waals surface area (Å²) >= 11 is 6.00. The first-order valence-corrected chi connectivity index (χ1v) is 9.74. The van der Waals surface area contributed by atoms with E-state index in [1.54, 1.807) is 31.2 Å². The number of rotatable bonds is 6. The summed E-state index contributed by atoms with van der Waals surface area (Å²) in [5, 5.41) is 6.99. The summed E-state index contributed by atoms with van der Waals surface area (Å²) in [5.74, 6) is -1.45. The number of nitrogens with zero attached hydrogens (tertiary/aromatic N) is 3. The molecule has 30 heavy (non-hydrogen) atoms. The van der Waals surface area contributed by atoms with Gasteiger partial charge in [-0.2, -0.15) is 9.78 Å². The van der Waals surface area contributed by atoms with Crippen LogP contribution < -0.4 is 16.6 Å². The van der Waals surface area contributed by atoms with Crippen molar-refractivity contribution in [2.45, 2.75) is 32.9 Å². The van der Waals surface area contributed by atoms with Gasteiger partial charge in [0.1, 0.15) is 11.5 Å². The van der Waals surface area contributed by atoms with Crippen LogP contribution in [0.3, 0.4) is 0 Å². The number of hydrogen-bond donors (Lipinski definition) is 1. The first kappa shape index (κ1) is 21.4. The van der Waals surface area contributed by atoms with E-state index in [2.05, 4.69) is 10.4 Å². The number of hydrogen-bond acceptors (Lipinski definition) is 4. The van der Waals surface area contributed by atoms with E-state index in [1.807, 2.05) is 6.92 Å². The molecule has 1 N–H and O–H groups in total. The number of amides is 1. The van der Waals surface area contributed by atoms with Gasteiger partial charge in [0.2, 0.25) is 5.69 Å². The summed E-state index contributed by atoms with van der Waals surface area (Å²) in [7, 11) is 0. The maximum absolute atomic E-state index is 14.4. The quantitative estimate of drug-likeness (QED) is 0.651. The average Bonchev–Trinajstić information content (AvgIpc) is 2.72. The van der Waals surface area contributed by atoms with Crippen LogP contribution in [0.2, 0.25) is 5.02 Å². The zero-order valence-electron chi connectivity index (χ0n) is 16.4. The fourth-order valence-corrected chi connectivity index (χ4v) is 3.00. The molecule has 0 spiro atoms. The fourth-order valence-electron chi connectivity index (χ4n) is 2.79. The van der Waals surface area contributed by atoms with Crippen LogP contribution in [-0.2, 0) is 6.54 Å². The second kappa shape index (κ2) is 9.04. The molecule has 0 aliphatic carbocycles. The van der Waals surface area contributed by atoms with Crippen LogP contribution in [0.1, 0.15) is 36.3 Å². The molecule has 3 rings (SSSR count). The standard InChI is InChI=1S/C21H20ClFN4O3/c1-3-13(2)24-19(28)18-20(29)26(12-14-7-6-8-15(22)11-14)21(30)27(25-18)17-10-5-4-9-16(17)23/h4-11,13H,3,12H2,1-2H3,(H,24,28)/t13-/m1/s1. The molecule has 1 amide bonds. The lowest BCUT2D eigenvalue weighted by Crippen LogP contribution is -2.47. The van der Waals surface area contributed by atoms with Gasteiger partial charge in [-0.05, 0) is 43.2 Å². The first-order valence-electron chi connectivity index (χ1n) is 9.36. The smallest absolute Gasteiger partial charge is 0.348 e. The molecule has 0 aliphatic rings. The summed E-state index contributed by atoms with van der Waals surface area (Å²) in [6.07, 6.45) is 0.634. The van der Waals surface area contributed by atoms with Gasteiger partial charge >= 0.3 is 5.69 Å². The Labute approximate surface area is 176 Å². The number of aromatic nitrogens is 3. The zero-order valence-corrected chi connectivity index (χ0v) is 17.2. The molecule has 2 aromatic carbocycles. The number of carbonyl (C=O) groups excluding carboxylic acids is 1. The summed E-state index contributed by atoms with van der Waals surface area (Å²) in [6, 6.07) is 11.9. The molecule has 0 aliphatic heterocycles. The zero-order chi connectivity index (χ0) is 21.8. The monoisotopic (exact) mass is 430 g/mol. The Bertz CT molecular complexity index is 1210. The minimum absolute atomic E-state index is 0.154. The van der Waals surface area contributed by atoms with E-state index in [-0.39, 0.29) is 18.3 Å². The van der Waals surface area contributed by atoms with Crippen molar-refractivity contribution in [3.8, 4) is 5.69 Å². The van der Waals surface area contributed by atoms with Crippen molar-refractivity contribution in [1.82, 2.24) is 19.7 Å². The van der Waals surface area contributed by atoms with E-state index < -0.39 is 28.7 Å². The van der Waals surface area contributed by atoms with E-state index in [4.69, 9.17) is 11.6 Å². The van der Waals surface area contributed by atoms with Crippen LogP contribution in [0.25, 0.3) is 5.69 Å². The number of para-hydroxylation sites is 1. The largest absolute Gasteiger partial charge is 0.352 e. The third-order valence-electron chi connectivity index (χ3n) is 4.58.